The Labute approximate surface area is 193 Å². The number of morpholine rings is 1. The molecule has 1 aliphatic carbocycles. The number of amides is 1. The molecular formula is C20H24F3N7O4. The molecule has 1 saturated carbocycles. The molecule has 3 aliphatic heterocycles. The topological polar surface area (TPSA) is 137 Å². The quantitative estimate of drug-likeness (QED) is 0.287. The van der Waals surface area contributed by atoms with Crippen LogP contribution in [0.3, 0.4) is 0 Å². The molecule has 34 heavy (non-hydrogen) atoms. The van der Waals surface area contributed by atoms with Crippen LogP contribution in [0.1, 0.15) is 12.8 Å². The predicted molar refractivity (Wildman–Crippen MR) is 115 cm³/mol. The molecule has 4 rings (SSSR count). The van der Waals surface area contributed by atoms with E-state index in [0.717, 1.165) is 6.21 Å². The maximum absolute atomic E-state index is 13.6. The third-order valence-electron chi connectivity index (χ3n) is 5.86. The fraction of sp³-hybridized carbons (Fsp3) is 0.600. The van der Waals surface area contributed by atoms with Crippen molar-refractivity contribution in [3.05, 3.63) is 11.3 Å². The summed E-state index contributed by atoms with van der Waals surface area (Å²) in [6.45, 7) is 1.40. The summed E-state index contributed by atoms with van der Waals surface area (Å²) in [6.07, 6.45) is -0.652. The van der Waals surface area contributed by atoms with Crippen LogP contribution in [0.15, 0.2) is 26.2 Å². The molecule has 3 heterocycles. The number of fused-ring (bicyclic) bond motifs is 1. The average Bonchev–Trinajstić information content (AvgIpc) is 3.32. The molecule has 14 heteroatoms. The summed E-state index contributed by atoms with van der Waals surface area (Å²) < 4.78 is 51.4. The number of nitrogens with zero attached hydrogens (tertiary/aromatic N) is 5. The van der Waals surface area contributed by atoms with Gasteiger partial charge in [0.1, 0.15) is 18.5 Å². The molecule has 4 atom stereocenters. The molecule has 4 aliphatic rings. The van der Waals surface area contributed by atoms with E-state index in [0.29, 0.717) is 39.1 Å². The van der Waals surface area contributed by atoms with Crippen LogP contribution in [0, 0.1) is 12.3 Å². The highest BCUT2D eigenvalue weighted by atomic mass is 19.4. The van der Waals surface area contributed by atoms with Gasteiger partial charge in [-0.15, -0.1) is 6.42 Å². The Morgan fingerprint density at radius 3 is 2.79 bits per heavy atom. The zero-order chi connectivity index (χ0) is 24.5. The van der Waals surface area contributed by atoms with Gasteiger partial charge in [0.05, 0.1) is 30.9 Å². The first-order chi connectivity index (χ1) is 16.2. The maximum Gasteiger partial charge on any atom is 0.433 e. The molecule has 11 nitrogen and oxygen atoms in total. The Hall–Kier alpha value is -3.15. The van der Waals surface area contributed by atoms with Crippen molar-refractivity contribution in [2.24, 2.45) is 20.7 Å². The van der Waals surface area contributed by atoms with E-state index in [-0.39, 0.29) is 24.4 Å². The summed E-state index contributed by atoms with van der Waals surface area (Å²) >= 11 is 0. The highest BCUT2D eigenvalue weighted by Gasteiger charge is 2.49. The fourth-order valence-electron chi connectivity index (χ4n) is 4.18. The van der Waals surface area contributed by atoms with Gasteiger partial charge in [0.15, 0.2) is 12.0 Å². The van der Waals surface area contributed by atoms with Crippen LogP contribution >= 0.6 is 0 Å². The van der Waals surface area contributed by atoms with E-state index >= 15 is 0 Å². The molecule has 184 valence electrons. The first-order valence-electron chi connectivity index (χ1n) is 10.6. The second-order valence-electron chi connectivity index (χ2n) is 7.98. The van der Waals surface area contributed by atoms with Crippen LogP contribution < -0.4 is 11.1 Å². The van der Waals surface area contributed by atoms with E-state index in [9.17, 15) is 23.1 Å². The van der Waals surface area contributed by atoms with E-state index in [1.165, 1.54) is 4.90 Å². The first kappa shape index (κ1) is 24.0. The van der Waals surface area contributed by atoms with Gasteiger partial charge in [0.25, 0.3) is 0 Å². The van der Waals surface area contributed by atoms with E-state index in [4.69, 9.17) is 21.6 Å². The first-order valence-corrected chi connectivity index (χ1v) is 10.6. The van der Waals surface area contributed by atoms with E-state index < -0.39 is 42.1 Å². The van der Waals surface area contributed by atoms with Crippen LogP contribution in [0.4, 0.5) is 18.0 Å². The summed E-state index contributed by atoms with van der Waals surface area (Å²) in [6, 6.07) is -0.335. The number of terminal acetylenes is 1. The van der Waals surface area contributed by atoms with Gasteiger partial charge in [-0.25, -0.2) is 14.8 Å². The Morgan fingerprint density at radius 2 is 2.12 bits per heavy atom. The number of guanidine groups is 1. The third-order valence-corrected chi connectivity index (χ3v) is 5.86. The van der Waals surface area contributed by atoms with Gasteiger partial charge >= 0.3 is 12.3 Å². The summed E-state index contributed by atoms with van der Waals surface area (Å²) in [5, 5.41) is 12.8. The van der Waals surface area contributed by atoms with Crippen molar-refractivity contribution in [3.8, 4) is 12.3 Å². The van der Waals surface area contributed by atoms with Gasteiger partial charge < -0.3 is 24.8 Å². The zero-order valence-electron chi connectivity index (χ0n) is 18.0. The van der Waals surface area contributed by atoms with E-state index in [1.807, 2.05) is 0 Å². The lowest BCUT2D eigenvalue weighted by Gasteiger charge is -2.31. The molecule has 2 saturated heterocycles. The van der Waals surface area contributed by atoms with E-state index in [2.05, 4.69) is 26.2 Å². The Bertz CT molecular complexity index is 982. The Morgan fingerprint density at radius 1 is 1.38 bits per heavy atom. The van der Waals surface area contributed by atoms with E-state index in [1.54, 1.807) is 4.90 Å². The van der Waals surface area contributed by atoms with Crippen LogP contribution in [-0.4, -0.2) is 103 Å². The number of carbonyl (C=O) groups excluding carboxylic acids is 1. The zero-order valence-corrected chi connectivity index (χ0v) is 18.0. The van der Waals surface area contributed by atoms with Crippen molar-refractivity contribution < 1.29 is 32.5 Å². The second-order valence-corrected chi connectivity index (χ2v) is 7.98. The SMILES string of the molecule is C#CC(NC(=NCN1C(=O)O[C@H]2[C@H](O)CC[C@H]21)N1CCOCC1)=C1C=N[C@@H](N)N=C1C(F)(F)F. The lowest BCUT2D eigenvalue weighted by atomic mass is 10.1. The summed E-state index contributed by atoms with van der Waals surface area (Å²) in [4.78, 5) is 27.0. The fourth-order valence-corrected chi connectivity index (χ4v) is 4.18. The standard InChI is InChI=1S/C20H24F3N7O4/c1-2-12(11-9-25-17(24)28-16(11)20(21,22)23)27-18(29-5-7-33-8-6-29)26-10-30-13-3-4-14(31)15(13)34-19(30)32/h1,9,13-15,17,31H,3-8,10,24H2,(H,26,27)/t13-,14-,15-,17-/m1/s1. The van der Waals surface area contributed by atoms with Gasteiger partial charge in [-0.05, 0) is 12.8 Å². The maximum atomic E-state index is 13.6. The van der Waals surface area contributed by atoms with Crippen LogP contribution in [0.2, 0.25) is 0 Å². The third kappa shape index (κ3) is 4.86. The normalized spacial score (nSPS) is 31.1. The van der Waals surface area contributed by atoms with Gasteiger partial charge in [-0.1, -0.05) is 5.92 Å². The van der Waals surface area contributed by atoms with Crippen LogP contribution in [0.5, 0.6) is 0 Å². The number of carbonyl (C=O) groups is 1. The number of alkyl halides is 3. The lowest BCUT2D eigenvalue weighted by Crippen LogP contribution is -2.48. The molecule has 0 radical (unpaired) electrons. The minimum atomic E-state index is -4.81. The van der Waals surface area contributed by atoms with Crippen LogP contribution in [0.25, 0.3) is 0 Å². The number of allylic oxidation sites excluding steroid dienone is 2. The highest BCUT2D eigenvalue weighted by Crippen LogP contribution is 2.33. The Kier molecular flexibility index (Phi) is 6.78. The molecule has 0 spiro atoms. The predicted octanol–water partition coefficient (Wildman–Crippen LogP) is -0.217. The highest BCUT2D eigenvalue weighted by molar-refractivity contribution is 6.21. The molecule has 0 bridgehead atoms. The van der Waals surface area contributed by atoms with Gasteiger partial charge in [0, 0.05) is 19.3 Å². The van der Waals surface area contributed by atoms with Crippen LogP contribution in [-0.2, 0) is 9.47 Å². The number of nitrogens with one attached hydrogen (secondary N) is 1. The summed E-state index contributed by atoms with van der Waals surface area (Å²) in [7, 11) is 0. The van der Waals surface area contributed by atoms with Crippen molar-refractivity contribution in [1.82, 2.24) is 15.1 Å². The van der Waals surface area contributed by atoms with Gasteiger partial charge in [-0.2, -0.15) is 13.2 Å². The molecule has 4 N–H and O–H groups in total. The number of nitrogens with two attached hydrogens (primary N) is 1. The molecule has 0 aromatic heterocycles. The summed E-state index contributed by atoms with van der Waals surface area (Å²) in [5.74, 6) is 2.37. The molecule has 1 amide bonds. The largest absolute Gasteiger partial charge is 0.441 e. The van der Waals surface area contributed by atoms with Gasteiger partial charge in [0.2, 0.25) is 5.96 Å². The van der Waals surface area contributed by atoms with Crippen molar-refractivity contribution in [2.75, 3.05) is 33.0 Å². The minimum Gasteiger partial charge on any atom is -0.441 e. The number of rotatable bonds is 3. The summed E-state index contributed by atoms with van der Waals surface area (Å²) in [5.41, 5.74) is 3.48. The monoisotopic (exact) mass is 483 g/mol. The van der Waals surface area contributed by atoms with Crippen molar-refractivity contribution >= 4 is 24.0 Å². The molecule has 0 unspecified atom stereocenters. The number of ether oxygens (including phenoxy) is 2. The Balaban J connectivity index is 1.63. The number of aliphatic hydroxyl groups is 1. The smallest absolute Gasteiger partial charge is 0.433 e. The number of aliphatic imine (C=N–C) groups is 3. The average molecular weight is 483 g/mol. The molecule has 0 aromatic rings. The van der Waals surface area contributed by atoms with Gasteiger partial charge in [-0.3, -0.25) is 15.6 Å². The number of halogens is 3. The number of hydrogen-bond acceptors (Lipinski definition) is 8. The van der Waals surface area contributed by atoms with Crippen molar-refractivity contribution in [1.29, 1.82) is 0 Å². The minimum absolute atomic E-state index is 0.140. The number of hydrogen-bond donors (Lipinski definition) is 3. The molecule has 0 aromatic carbocycles. The molecule has 3 fully saturated rings. The second kappa shape index (κ2) is 9.61. The molecular weight excluding hydrogens is 459 g/mol. The lowest BCUT2D eigenvalue weighted by molar-refractivity contribution is -0.0584. The van der Waals surface area contributed by atoms with Crippen molar-refractivity contribution in [3.63, 3.8) is 0 Å². The number of aliphatic hydroxyl groups excluding tert-OH is 1. The van der Waals surface area contributed by atoms with Crippen molar-refractivity contribution in [2.45, 2.75) is 43.6 Å².